The second-order valence-electron chi connectivity index (χ2n) is 23.6. The molecule has 12 atom stereocenters. The van der Waals surface area contributed by atoms with Crippen LogP contribution in [0.25, 0.3) is 0 Å². The quantitative estimate of drug-likeness (QED) is 0.140. The molecule has 4 amide bonds. The number of nitrogens with zero attached hydrogens (tertiary/aromatic N) is 2. The van der Waals surface area contributed by atoms with E-state index in [4.69, 9.17) is 18.9 Å². The van der Waals surface area contributed by atoms with Crippen LogP contribution in [0.2, 0.25) is 0 Å². The van der Waals surface area contributed by atoms with Crippen molar-refractivity contribution in [2.24, 2.45) is 45.3 Å². The average Bonchev–Trinajstić information content (AvgIpc) is 4.02. The number of carboxylic acid groups (broad SMARTS) is 1. The highest BCUT2D eigenvalue weighted by Gasteiger charge is 2.62. The molecule has 2 unspecified atom stereocenters. The molecule has 68 heavy (non-hydrogen) atoms. The Morgan fingerprint density at radius 2 is 0.956 bits per heavy atom. The van der Waals surface area contributed by atoms with E-state index in [1.807, 2.05) is 55.4 Å². The van der Waals surface area contributed by atoms with Gasteiger partial charge < -0.3 is 44.5 Å². The van der Waals surface area contributed by atoms with Crippen LogP contribution >= 0.6 is 0 Å². The Morgan fingerprint density at radius 1 is 0.632 bits per heavy atom. The number of ketones is 3. The van der Waals surface area contributed by atoms with Crippen LogP contribution in [0.5, 0.6) is 0 Å². The molecule has 4 fully saturated rings. The molecule has 0 aromatic heterocycles. The fourth-order valence-corrected chi connectivity index (χ4v) is 9.74. The van der Waals surface area contributed by atoms with Gasteiger partial charge in [-0.2, -0.15) is 0 Å². The number of allylic oxidation sites excluding steroid dienone is 2. The lowest BCUT2D eigenvalue weighted by Gasteiger charge is -2.36. The van der Waals surface area contributed by atoms with Crippen LogP contribution in [-0.2, 0) is 47.7 Å². The van der Waals surface area contributed by atoms with Crippen LogP contribution < -0.4 is 10.6 Å². The normalized spacial score (nSPS) is 29.8. The number of likely N-dealkylation sites (tertiary alicyclic amines) is 2. The van der Waals surface area contributed by atoms with Gasteiger partial charge in [0.05, 0.1) is 29.7 Å². The maximum absolute atomic E-state index is 13.8. The smallest absolute Gasteiger partial charge is 0.408 e. The van der Waals surface area contributed by atoms with Gasteiger partial charge in [-0.1, -0.05) is 67.5 Å². The number of ether oxygens (including phenoxy) is 4. The third-order valence-electron chi connectivity index (χ3n) is 13.9. The number of alkyl carbamates (subject to hydrolysis) is 2. The van der Waals surface area contributed by atoms with Gasteiger partial charge in [-0.05, 0) is 84.0 Å². The molecule has 0 aromatic carbocycles. The number of hydrogen-bond donors (Lipinski definition) is 3. The van der Waals surface area contributed by atoms with E-state index in [-0.39, 0.29) is 79.0 Å². The Balaban J connectivity index is 0.000000360. The van der Waals surface area contributed by atoms with Gasteiger partial charge in [-0.15, -0.1) is 13.2 Å². The highest BCUT2D eigenvalue weighted by atomic mass is 16.6. The highest BCUT2D eigenvalue weighted by molar-refractivity contribution is 5.98. The van der Waals surface area contributed by atoms with Crippen LogP contribution in [0.3, 0.4) is 0 Å². The predicted molar refractivity (Wildman–Crippen MR) is 255 cm³/mol. The van der Waals surface area contributed by atoms with Crippen LogP contribution in [0.1, 0.15) is 130 Å². The zero-order valence-corrected chi connectivity index (χ0v) is 43.8. The first-order chi connectivity index (χ1) is 31.0. The lowest BCUT2D eigenvalue weighted by atomic mass is 9.84. The van der Waals surface area contributed by atoms with Crippen molar-refractivity contribution in [1.29, 1.82) is 0 Å². The topological polar surface area (TPSA) is 224 Å². The van der Waals surface area contributed by atoms with Crippen molar-refractivity contribution in [2.75, 3.05) is 27.3 Å². The molecule has 2 aliphatic carbocycles. The summed E-state index contributed by atoms with van der Waals surface area (Å²) in [6.07, 6.45) is 1.99. The van der Waals surface area contributed by atoms with Gasteiger partial charge in [-0.3, -0.25) is 28.8 Å². The van der Waals surface area contributed by atoms with Crippen LogP contribution in [-0.4, -0.2) is 137 Å². The Hall–Kier alpha value is -4.64. The lowest BCUT2D eigenvalue weighted by Crippen LogP contribution is -2.57. The number of carboxylic acids is 1. The summed E-state index contributed by atoms with van der Waals surface area (Å²) in [6, 6.07) is -3.48. The van der Waals surface area contributed by atoms with Crippen LogP contribution in [0, 0.1) is 45.3 Å². The summed E-state index contributed by atoms with van der Waals surface area (Å²) in [5, 5.41) is 15.2. The average molecular weight is 959 g/mol. The van der Waals surface area contributed by atoms with Gasteiger partial charge >= 0.3 is 18.2 Å². The molecule has 3 N–H and O–H groups in total. The van der Waals surface area contributed by atoms with Gasteiger partial charge in [0.1, 0.15) is 29.1 Å². The van der Waals surface area contributed by atoms with Gasteiger partial charge in [0.25, 0.3) is 0 Å². The Morgan fingerprint density at radius 3 is 1.21 bits per heavy atom. The molecule has 0 radical (unpaired) electrons. The summed E-state index contributed by atoms with van der Waals surface area (Å²) < 4.78 is 21.9. The fraction of sp³-hybridized carbons (Fsp3) is 0.765. The first-order valence-corrected chi connectivity index (χ1v) is 23.7. The molecule has 0 spiro atoms. The standard InChI is InChI=1S/C26H42N2O6.C25H40N2O7/c1-11-17-12-26(17,16(3)29)13-18(30)20-15(2)19(33-10)14-28(20)22(31)21(24(4,5)6)27-23(32)34-25(7,8)9;1-10-15-11-25(15,21(30)31)12-16(28)18-14(2)17(33-9)13-27(18)20(29)19(23(3,4)5)26-22(32)34-24(6,7)8/h11,15,17,19-21H,1,12-14H2,2-10H3,(H,27,32);10,14-15,17-19H,1,11-13H2,2-9H3,(H,26,32)(H,30,31)/t15?,17-,19+,20+,21-,26+;14?,15-,17+,18+,19-,25-/m11/s1. The number of aliphatic carboxylic acids is 1. The Bertz CT molecular complexity index is 1820. The number of carbonyl (C=O) groups excluding carboxylic acids is 7. The number of nitrogens with one attached hydrogen (secondary N) is 2. The van der Waals surface area contributed by atoms with Crippen molar-refractivity contribution in [1.82, 2.24) is 20.4 Å². The molecule has 17 nitrogen and oxygen atoms in total. The van der Waals surface area contributed by atoms with E-state index in [0.717, 1.165) is 0 Å². The third-order valence-corrected chi connectivity index (χ3v) is 13.9. The van der Waals surface area contributed by atoms with Crippen molar-refractivity contribution < 1.29 is 62.4 Å². The zero-order valence-electron chi connectivity index (χ0n) is 43.8. The second-order valence-corrected chi connectivity index (χ2v) is 23.6. The molecule has 0 aromatic rings. The van der Waals surface area contributed by atoms with Crippen molar-refractivity contribution in [3.63, 3.8) is 0 Å². The summed E-state index contributed by atoms with van der Waals surface area (Å²) in [5.74, 6) is -3.23. The molecule has 2 saturated carbocycles. The maximum Gasteiger partial charge on any atom is 0.408 e. The molecule has 4 aliphatic rings. The molecule has 384 valence electrons. The molecule has 2 saturated heterocycles. The first kappa shape index (κ1) is 57.7. The molecule has 2 heterocycles. The highest BCUT2D eigenvalue weighted by Crippen LogP contribution is 2.58. The molecule has 2 aliphatic heterocycles. The minimum Gasteiger partial charge on any atom is -0.481 e. The zero-order chi connectivity index (χ0) is 52.4. The van der Waals surface area contributed by atoms with Crippen molar-refractivity contribution in [3.05, 3.63) is 25.3 Å². The van der Waals surface area contributed by atoms with Gasteiger partial charge in [-0.25, -0.2) is 9.59 Å². The van der Waals surface area contributed by atoms with E-state index in [1.54, 1.807) is 60.8 Å². The maximum atomic E-state index is 13.8. The minimum atomic E-state index is -1.17. The van der Waals surface area contributed by atoms with Gasteiger partial charge in [0.15, 0.2) is 11.6 Å². The van der Waals surface area contributed by atoms with E-state index in [1.165, 1.54) is 23.8 Å². The van der Waals surface area contributed by atoms with E-state index >= 15 is 0 Å². The Labute approximate surface area is 404 Å². The van der Waals surface area contributed by atoms with Crippen molar-refractivity contribution >= 4 is 47.3 Å². The van der Waals surface area contributed by atoms with Gasteiger partial charge in [0.2, 0.25) is 11.8 Å². The molecule has 17 heteroatoms. The van der Waals surface area contributed by atoms with E-state index in [9.17, 15) is 43.5 Å². The number of carbonyl (C=O) groups is 8. The van der Waals surface area contributed by atoms with Crippen LogP contribution in [0.4, 0.5) is 9.59 Å². The summed E-state index contributed by atoms with van der Waals surface area (Å²) in [5.41, 5.74) is -4.67. The minimum absolute atomic E-state index is 0.0239. The predicted octanol–water partition coefficient (Wildman–Crippen LogP) is 6.55. The summed E-state index contributed by atoms with van der Waals surface area (Å²) >= 11 is 0. The van der Waals surface area contributed by atoms with Gasteiger partial charge in [0, 0.05) is 57.4 Å². The number of Topliss-reactive ketones (excluding diaryl/α,β-unsaturated/α-hetero) is 3. The number of rotatable bonds is 16. The molecule has 0 bridgehead atoms. The summed E-state index contributed by atoms with van der Waals surface area (Å²) in [6.45, 7) is 34.5. The van der Waals surface area contributed by atoms with E-state index in [2.05, 4.69) is 23.8 Å². The van der Waals surface area contributed by atoms with Crippen LogP contribution in [0.15, 0.2) is 25.3 Å². The lowest BCUT2D eigenvalue weighted by molar-refractivity contribution is -0.148. The summed E-state index contributed by atoms with van der Waals surface area (Å²) in [7, 11) is 3.08. The molecular weight excluding hydrogens is 877 g/mol. The second kappa shape index (κ2) is 21.2. The van der Waals surface area contributed by atoms with Crippen molar-refractivity contribution in [2.45, 2.75) is 177 Å². The monoisotopic (exact) mass is 959 g/mol. The summed E-state index contributed by atoms with van der Waals surface area (Å²) in [4.78, 5) is 107. The number of methoxy groups -OCH3 is 2. The number of hydrogen-bond acceptors (Lipinski definition) is 12. The number of amides is 4. The van der Waals surface area contributed by atoms with E-state index < -0.39 is 87.2 Å². The van der Waals surface area contributed by atoms with Crippen molar-refractivity contribution in [3.8, 4) is 0 Å². The van der Waals surface area contributed by atoms with E-state index in [0.29, 0.717) is 12.8 Å². The third kappa shape index (κ3) is 13.4. The Kier molecular flexibility index (Phi) is 17.9. The fourth-order valence-electron chi connectivity index (χ4n) is 9.74. The SMILES string of the molecule is C=C[C@@H]1C[C@]1(CC(=O)[C@@H]1C(C)[C@@H](OC)CN1C(=O)[C@@H](NC(=O)OC(C)(C)C)C(C)(C)C)C(=O)O.C=C[C@@H]1C[C@]1(CC(=O)[C@@H]1C(C)[C@@H](OC)CN1C(=O)[C@@H](NC(=O)OC(C)(C)C)C(C)(C)C)C(C)=O. The largest absolute Gasteiger partial charge is 0.481 e. The molecular formula is C51H82N4O13. The molecule has 4 rings (SSSR count). The first-order valence-electron chi connectivity index (χ1n) is 23.7.